The smallest absolute Gasteiger partial charge is 0.445 e. The standard InChI is InChI=1S/C27H34BNO6/c1-25(2)26(3,4)35-28(34-25)21-12-8-11-20(13-21)27(31)14-22-17-32-18-23(15-27)29(22)24(30)33-16-19-9-6-5-7-10-19/h5-13,22-23,31H,14-18H2,1-4H3. The Morgan fingerprint density at radius 3 is 2.26 bits per heavy atom. The molecule has 2 aromatic carbocycles. The monoisotopic (exact) mass is 479 g/mol. The van der Waals surface area contributed by atoms with E-state index in [-0.39, 0.29) is 24.8 Å². The number of hydrogen-bond donors (Lipinski definition) is 1. The Hall–Kier alpha value is -2.39. The van der Waals surface area contributed by atoms with E-state index in [1.165, 1.54) is 0 Å². The fourth-order valence-corrected chi connectivity index (χ4v) is 5.26. The summed E-state index contributed by atoms with van der Waals surface area (Å²) in [5.41, 5.74) is 0.652. The van der Waals surface area contributed by atoms with Crippen molar-refractivity contribution in [3.8, 4) is 0 Å². The van der Waals surface area contributed by atoms with Crippen molar-refractivity contribution in [1.82, 2.24) is 4.90 Å². The van der Waals surface area contributed by atoms with Crippen LogP contribution in [0.5, 0.6) is 0 Å². The highest BCUT2D eigenvalue weighted by Gasteiger charge is 2.53. The molecule has 2 bridgehead atoms. The largest absolute Gasteiger partial charge is 0.494 e. The highest BCUT2D eigenvalue weighted by Crippen LogP contribution is 2.42. The van der Waals surface area contributed by atoms with Crippen LogP contribution < -0.4 is 5.46 Å². The number of rotatable bonds is 4. The molecule has 7 nitrogen and oxygen atoms in total. The number of carbonyl (C=O) groups is 1. The average Bonchev–Trinajstić information content (AvgIpc) is 3.04. The summed E-state index contributed by atoms with van der Waals surface area (Å²) in [5, 5.41) is 11.8. The molecule has 0 saturated carbocycles. The van der Waals surface area contributed by atoms with Gasteiger partial charge >= 0.3 is 13.2 Å². The molecule has 2 atom stereocenters. The van der Waals surface area contributed by atoms with E-state index in [0.29, 0.717) is 26.1 Å². The zero-order valence-electron chi connectivity index (χ0n) is 20.9. The number of piperidine rings is 1. The van der Waals surface area contributed by atoms with E-state index in [4.69, 9.17) is 18.8 Å². The van der Waals surface area contributed by atoms with Gasteiger partial charge in [-0.15, -0.1) is 0 Å². The summed E-state index contributed by atoms with van der Waals surface area (Å²) in [6, 6.07) is 16.9. The minimum absolute atomic E-state index is 0.219. The van der Waals surface area contributed by atoms with Gasteiger partial charge in [0, 0.05) is 12.8 Å². The van der Waals surface area contributed by atoms with E-state index in [2.05, 4.69) is 0 Å². The minimum atomic E-state index is -1.09. The summed E-state index contributed by atoms with van der Waals surface area (Å²) < 4.78 is 23.8. The normalized spacial score (nSPS) is 29.2. The number of hydrogen-bond acceptors (Lipinski definition) is 6. The van der Waals surface area contributed by atoms with E-state index in [9.17, 15) is 9.90 Å². The quantitative estimate of drug-likeness (QED) is 0.678. The van der Waals surface area contributed by atoms with Gasteiger partial charge in [-0.05, 0) is 44.3 Å². The molecule has 5 rings (SSSR count). The Morgan fingerprint density at radius 2 is 1.63 bits per heavy atom. The highest BCUT2D eigenvalue weighted by molar-refractivity contribution is 6.62. The molecule has 1 N–H and O–H groups in total. The topological polar surface area (TPSA) is 77.5 Å². The maximum Gasteiger partial charge on any atom is 0.494 e. The van der Waals surface area contributed by atoms with E-state index < -0.39 is 23.9 Å². The first-order chi connectivity index (χ1) is 16.6. The minimum Gasteiger partial charge on any atom is -0.445 e. The first kappa shape index (κ1) is 24.3. The summed E-state index contributed by atoms with van der Waals surface area (Å²) in [7, 11) is -0.501. The van der Waals surface area contributed by atoms with Gasteiger partial charge in [-0.3, -0.25) is 4.90 Å². The second-order valence-electron chi connectivity index (χ2n) is 10.9. The zero-order valence-corrected chi connectivity index (χ0v) is 20.9. The summed E-state index contributed by atoms with van der Waals surface area (Å²) in [6.07, 6.45) is 0.383. The van der Waals surface area contributed by atoms with Crippen molar-refractivity contribution >= 4 is 18.7 Å². The Morgan fingerprint density at radius 1 is 1.00 bits per heavy atom. The van der Waals surface area contributed by atoms with Crippen LogP contribution in [0.25, 0.3) is 0 Å². The molecular weight excluding hydrogens is 445 g/mol. The molecule has 186 valence electrons. The lowest BCUT2D eigenvalue weighted by atomic mass is 9.73. The van der Waals surface area contributed by atoms with Crippen LogP contribution in [0.2, 0.25) is 0 Å². The molecule has 0 spiro atoms. The van der Waals surface area contributed by atoms with Crippen LogP contribution in [0.4, 0.5) is 4.79 Å². The predicted molar refractivity (Wildman–Crippen MR) is 132 cm³/mol. The second kappa shape index (κ2) is 8.93. The van der Waals surface area contributed by atoms with Crippen LogP contribution >= 0.6 is 0 Å². The van der Waals surface area contributed by atoms with Crippen molar-refractivity contribution in [2.75, 3.05) is 13.2 Å². The maximum atomic E-state index is 13.0. The van der Waals surface area contributed by atoms with Crippen LogP contribution in [-0.2, 0) is 31.0 Å². The first-order valence-corrected chi connectivity index (χ1v) is 12.3. The Bertz CT molecular complexity index is 1040. The van der Waals surface area contributed by atoms with Crippen molar-refractivity contribution in [1.29, 1.82) is 0 Å². The lowest BCUT2D eigenvalue weighted by Crippen LogP contribution is -2.62. The number of amides is 1. The molecule has 2 aromatic rings. The van der Waals surface area contributed by atoms with Crippen LogP contribution in [0.3, 0.4) is 0 Å². The highest BCUT2D eigenvalue weighted by atomic mass is 16.7. The molecule has 8 heteroatoms. The first-order valence-electron chi connectivity index (χ1n) is 12.3. The summed E-state index contributed by atoms with van der Waals surface area (Å²) in [6.45, 7) is 9.07. The van der Waals surface area contributed by atoms with Crippen LogP contribution in [0.1, 0.15) is 51.7 Å². The summed E-state index contributed by atoms with van der Waals surface area (Å²) >= 11 is 0. The number of fused-ring (bicyclic) bond motifs is 2. The molecule has 3 fully saturated rings. The molecule has 3 saturated heterocycles. The molecule has 0 aliphatic carbocycles. The van der Waals surface area contributed by atoms with Crippen molar-refractivity contribution in [2.45, 2.75) is 76.0 Å². The number of aliphatic hydroxyl groups is 1. The molecule has 0 aromatic heterocycles. The molecule has 3 aliphatic rings. The summed E-state index contributed by atoms with van der Waals surface area (Å²) in [5.74, 6) is 0. The third-order valence-electron chi connectivity index (χ3n) is 7.92. The zero-order chi connectivity index (χ0) is 24.8. The predicted octanol–water partition coefficient (Wildman–Crippen LogP) is 3.37. The summed E-state index contributed by atoms with van der Waals surface area (Å²) in [4.78, 5) is 14.8. The molecule has 2 unspecified atom stereocenters. The fraction of sp³-hybridized carbons (Fsp3) is 0.519. The fourth-order valence-electron chi connectivity index (χ4n) is 5.26. The van der Waals surface area contributed by atoms with Crippen molar-refractivity contribution < 1.29 is 28.7 Å². The van der Waals surface area contributed by atoms with Gasteiger partial charge in [-0.25, -0.2) is 4.79 Å². The lowest BCUT2D eigenvalue weighted by molar-refractivity contribution is -0.136. The Kier molecular flexibility index (Phi) is 6.20. The third kappa shape index (κ3) is 4.60. The number of carbonyl (C=O) groups excluding carboxylic acids is 1. The van der Waals surface area contributed by atoms with Gasteiger partial charge in [0.1, 0.15) is 6.61 Å². The number of morpholine rings is 1. The van der Waals surface area contributed by atoms with Crippen molar-refractivity contribution in [3.63, 3.8) is 0 Å². The van der Waals surface area contributed by atoms with E-state index in [1.807, 2.05) is 82.3 Å². The SMILES string of the molecule is CC1(C)OB(c2cccc(C3(O)CC4COCC(C3)N4C(=O)OCc3ccccc3)c2)OC1(C)C. The number of benzene rings is 2. The molecule has 3 aliphatic heterocycles. The number of nitrogens with zero attached hydrogens (tertiary/aromatic N) is 1. The molecule has 1 amide bonds. The van der Waals surface area contributed by atoms with Crippen LogP contribution in [-0.4, -0.2) is 59.7 Å². The van der Waals surface area contributed by atoms with Crippen LogP contribution in [0, 0.1) is 0 Å². The van der Waals surface area contributed by atoms with E-state index >= 15 is 0 Å². The average molecular weight is 479 g/mol. The Labute approximate surface area is 207 Å². The van der Waals surface area contributed by atoms with Gasteiger partial charge in [0.15, 0.2) is 0 Å². The van der Waals surface area contributed by atoms with Crippen molar-refractivity contribution in [2.24, 2.45) is 0 Å². The van der Waals surface area contributed by atoms with Gasteiger partial charge in [-0.1, -0.05) is 54.6 Å². The van der Waals surface area contributed by atoms with Gasteiger partial charge < -0.3 is 23.9 Å². The lowest BCUT2D eigenvalue weighted by Gasteiger charge is -2.51. The Balaban J connectivity index is 1.32. The third-order valence-corrected chi connectivity index (χ3v) is 7.92. The second-order valence-corrected chi connectivity index (χ2v) is 10.9. The number of ether oxygens (including phenoxy) is 2. The molecular formula is C27H34BNO6. The molecule has 35 heavy (non-hydrogen) atoms. The van der Waals surface area contributed by atoms with Gasteiger partial charge in [0.05, 0.1) is 42.1 Å². The van der Waals surface area contributed by atoms with E-state index in [0.717, 1.165) is 16.6 Å². The van der Waals surface area contributed by atoms with Crippen molar-refractivity contribution in [3.05, 3.63) is 65.7 Å². The van der Waals surface area contributed by atoms with Gasteiger partial charge in [0.2, 0.25) is 0 Å². The maximum absolute atomic E-state index is 13.0. The van der Waals surface area contributed by atoms with E-state index in [1.54, 1.807) is 4.90 Å². The van der Waals surface area contributed by atoms with Gasteiger partial charge in [-0.2, -0.15) is 0 Å². The molecule has 3 heterocycles. The van der Waals surface area contributed by atoms with Crippen LogP contribution in [0.15, 0.2) is 54.6 Å². The van der Waals surface area contributed by atoms with Gasteiger partial charge in [0.25, 0.3) is 0 Å². The molecule has 0 radical (unpaired) electrons.